The highest BCUT2D eigenvalue weighted by atomic mass is 16.1. The number of benzene rings is 1. The van der Waals surface area contributed by atoms with Crippen LogP contribution in [0, 0.1) is 5.92 Å². The molecular formula is C13H14O. The summed E-state index contributed by atoms with van der Waals surface area (Å²) in [5.41, 5.74) is 1.11. The maximum Gasteiger partial charge on any atom is 0.127 e. The summed E-state index contributed by atoms with van der Waals surface area (Å²) in [5, 5.41) is 0. The molecule has 72 valence electrons. The third kappa shape index (κ3) is 3.40. The van der Waals surface area contributed by atoms with Crippen LogP contribution in [0.15, 0.2) is 49.1 Å². The van der Waals surface area contributed by atoms with Crippen LogP contribution in [0.3, 0.4) is 0 Å². The van der Waals surface area contributed by atoms with Crippen molar-refractivity contribution < 1.29 is 4.79 Å². The van der Waals surface area contributed by atoms with E-state index in [0.29, 0.717) is 6.42 Å². The van der Waals surface area contributed by atoms with Gasteiger partial charge in [-0.1, -0.05) is 48.6 Å². The summed E-state index contributed by atoms with van der Waals surface area (Å²) in [7, 11) is 0. The molecule has 0 saturated heterocycles. The fourth-order valence-electron chi connectivity index (χ4n) is 1.17. The summed E-state index contributed by atoms with van der Waals surface area (Å²) in [6, 6.07) is 9.93. The van der Waals surface area contributed by atoms with E-state index in [1.807, 2.05) is 42.5 Å². The van der Waals surface area contributed by atoms with Gasteiger partial charge >= 0.3 is 0 Å². The lowest BCUT2D eigenvalue weighted by Gasteiger charge is -1.98. The highest BCUT2D eigenvalue weighted by Crippen LogP contribution is 2.07. The SMILES string of the molecule is C=CCC(C=O)/C=C/c1ccccc1. The Labute approximate surface area is 84.8 Å². The molecule has 1 unspecified atom stereocenters. The zero-order valence-corrected chi connectivity index (χ0v) is 8.10. The van der Waals surface area contributed by atoms with Gasteiger partial charge in [0.05, 0.1) is 0 Å². The van der Waals surface area contributed by atoms with Crippen molar-refractivity contribution in [2.75, 3.05) is 0 Å². The van der Waals surface area contributed by atoms with Crippen molar-refractivity contribution in [3.63, 3.8) is 0 Å². The lowest BCUT2D eigenvalue weighted by molar-refractivity contribution is -0.109. The van der Waals surface area contributed by atoms with Crippen LogP contribution in [0.25, 0.3) is 6.08 Å². The molecule has 0 saturated carbocycles. The number of hydrogen-bond donors (Lipinski definition) is 0. The number of carbonyl (C=O) groups excluding carboxylic acids is 1. The van der Waals surface area contributed by atoms with Crippen molar-refractivity contribution in [2.24, 2.45) is 5.92 Å². The molecule has 0 aliphatic heterocycles. The van der Waals surface area contributed by atoms with Crippen LogP contribution in [0.2, 0.25) is 0 Å². The van der Waals surface area contributed by atoms with Crippen molar-refractivity contribution >= 4 is 12.4 Å². The highest BCUT2D eigenvalue weighted by Gasteiger charge is 1.98. The molecule has 0 fully saturated rings. The monoisotopic (exact) mass is 186 g/mol. The van der Waals surface area contributed by atoms with Gasteiger partial charge in [-0.2, -0.15) is 0 Å². The molecule has 1 rings (SSSR count). The van der Waals surface area contributed by atoms with Gasteiger partial charge in [0.2, 0.25) is 0 Å². The third-order valence-corrected chi connectivity index (χ3v) is 1.95. The molecule has 0 aliphatic rings. The Morgan fingerprint density at radius 1 is 1.29 bits per heavy atom. The molecule has 14 heavy (non-hydrogen) atoms. The minimum atomic E-state index is -0.0484. The van der Waals surface area contributed by atoms with Crippen molar-refractivity contribution in [2.45, 2.75) is 6.42 Å². The minimum Gasteiger partial charge on any atom is -0.303 e. The van der Waals surface area contributed by atoms with E-state index in [0.717, 1.165) is 11.8 Å². The fraction of sp³-hybridized carbons (Fsp3) is 0.154. The second kappa shape index (κ2) is 5.92. The van der Waals surface area contributed by atoms with Crippen LogP contribution in [0.4, 0.5) is 0 Å². The summed E-state index contributed by atoms with van der Waals surface area (Å²) in [4.78, 5) is 10.6. The van der Waals surface area contributed by atoms with Crippen molar-refractivity contribution in [1.29, 1.82) is 0 Å². The second-order valence-electron chi connectivity index (χ2n) is 3.09. The molecular weight excluding hydrogens is 172 g/mol. The summed E-state index contributed by atoms with van der Waals surface area (Å²) in [5.74, 6) is -0.0484. The lowest BCUT2D eigenvalue weighted by atomic mass is 10.1. The van der Waals surface area contributed by atoms with E-state index in [4.69, 9.17) is 0 Å². The maximum absolute atomic E-state index is 10.6. The van der Waals surface area contributed by atoms with Gasteiger partial charge in [-0.3, -0.25) is 0 Å². The number of hydrogen-bond acceptors (Lipinski definition) is 1. The van der Waals surface area contributed by atoms with E-state index in [2.05, 4.69) is 6.58 Å². The Hall–Kier alpha value is -1.63. The fourth-order valence-corrected chi connectivity index (χ4v) is 1.17. The predicted molar refractivity (Wildman–Crippen MR) is 59.8 cm³/mol. The standard InChI is InChI=1S/C13H14O/c1-2-6-13(11-14)10-9-12-7-4-3-5-8-12/h2-5,7-11,13H,1,6H2/b10-9+. The summed E-state index contributed by atoms with van der Waals surface area (Å²) in [6.45, 7) is 3.61. The Bertz CT molecular complexity index is 311. The quantitative estimate of drug-likeness (QED) is 0.510. The van der Waals surface area contributed by atoms with E-state index < -0.39 is 0 Å². The highest BCUT2D eigenvalue weighted by molar-refractivity contribution is 5.61. The van der Waals surface area contributed by atoms with Gasteiger partial charge < -0.3 is 4.79 Å². The Morgan fingerprint density at radius 3 is 2.57 bits per heavy atom. The maximum atomic E-state index is 10.6. The zero-order valence-electron chi connectivity index (χ0n) is 8.10. The molecule has 1 atom stereocenters. The van der Waals surface area contributed by atoms with Gasteiger partial charge in [-0.15, -0.1) is 6.58 Å². The second-order valence-corrected chi connectivity index (χ2v) is 3.09. The van der Waals surface area contributed by atoms with E-state index in [1.165, 1.54) is 0 Å². The van der Waals surface area contributed by atoms with Crippen LogP contribution in [0.1, 0.15) is 12.0 Å². The molecule has 1 aromatic carbocycles. The van der Waals surface area contributed by atoms with E-state index >= 15 is 0 Å². The number of allylic oxidation sites excluding steroid dienone is 2. The normalized spacial score (nSPS) is 12.6. The van der Waals surface area contributed by atoms with Crippen LogP contribution in [-0.2, 0) is 4.79 Å². The molecule has 0 amide bonds. The van der Waals surface area contributed by atoms with E-state index in [9.17, 15) is 4.79 Å². The Balaban J connectivity index is 2.62. The summed E-state index contributed by atoms with van der Waals surface area (Å²) in [6.07, 6.45) is 7.27. The van der Waals surface area contributed by atoms with Gasteiger partial charge in [0, 0.05) is 5.92 Å². The van der Waals surface area contributed by atoms with Gasteiger partial charge in [-0.05, 0) is 12.0 Å². The molecule has 0 aromatic heterocycles. The molecule has 0 spiro atoms. The smallest absolute Gasteiger partial charge is 0.127 e. The molecule has 1 nitrogen and oxygen atoms in total. The molecule has 0 aliphatic carbocycles. The number of rotatable bonds is 5. The van der Waals surface area contributed by atoms with Crippen LogP contribution in [-0.4, -0.2) is 6.29 Å². The van der Waals surface area contributed by atoms with Gasteiger partial charge in [0.15, 0.2) is 0 Å². The average Bonchev–Trinajstić information content (AvgIpc) is 2.25. The van der Waals surface area contributed by atoms with Gasteiger partial charge in [-0.25, -0.2) is 0 Å². The van der Waals surface area contributed by atoms with Gasteiger partial charge in [0.1, 0.15) is 6.29 Å². The topological polar surface area (TPSA) is 17.1 Å². The molecule has 0 radical (unpaired) electrons. The van der Waals surface area contributed by atoms with Crippen LogP contribution in [0.5, 0.6) is 0 Å². The van der Waals surface area contributed by atoms with E-state index in [1.54, 1.807) is 6.08 Å². The summed E-state index contributed by atoms with van der Waals surface area (Å²) >= 11 is 0. The number of aldehydes is 1. The zero-order chi connectivity index (χ0) is 10.2. The van der Waals surface area contributed by atoms with Crippen LogP contribution >= 0.6 is 0 Å². The molecule has 1 heteroatoms. The first-order chi connectivity index (χ1) is 6.86. The van der Waals surface area contributed by atoms with E-state index in [-0.39, 0.29) is 5.92 Å². The van der Waals surface area contributed by atoms with Crippen molar-refractivity contribution in [3.8, 4) is 0 Å². The largest absolute Gasteiger partial charge is 0.303 e. The van der Waals surface area contributed by atoms with Crippen LogP contribution < -0.4 is 0 Å². The Morgan fingerprint density at radius 2 is 2.00 bits per heavy atom. The molecule has 0 N–H and O–H groups in total. The first-order valence-electron chi connectivity index (χ1n) is 4.66. The van der Waals surface area contributed by atoms with Crippen molar-refractivity contribution in [3.05, 3.63) is 54.6 Å². The van der Waals surface area contributed by atoms with Gasteiger partial charge in [0.25, 0.3) is 0 Å². The molecule has 1 aromatic rings. The Kier molecular flexibility index (Phi) is 4.42. The first-order valence-corrected chi connectivity index (χ1v) is 4.66. The molecule has 0 bridgehead atoms. The summed E-state index contributed by atoms with van der Waals surface area (Å²) < 4.78 is 0. The molecule has 0 heterocycles. The minimum absolute atomic E-state index is 0.0484. The van der Waals surface area contributed by atoms with Crippen molar-refractivity contribution in [1.82, 2.24) is 0 Å². The lowest BCUT2D eigenvalue weighted by Crippen LogP contribution is -1.94. The predicted octanol–water partition coefficient (Wildman–Crippen LogP) is 3.09. The first kappa shape index (κ1) is 10.5. The average molecular weight is 186 g/mol. The third-order valence-electron chi connectivity index (χ3n) is 1.95. The number of carbonyl (C=O) groups is 1.